The van der Waals surface area contributed by atoms with E-state index in [-0.39, 0.29) is 10.8 Å². The molecule has 0 spiro atoms. The first-order valence-electron chi connectivity index (χ1n) is 10.2. The summed E-state index contributed by atoms with van der Waals surface area (Å²) in [7, 11) is 0. The van der Waals surface area contributed by atoms with Gasteiger partial charge in [-0.3, -0.25) is 0 Å². The van der Waals surface area contributed by atoms with Crippen molar-refractivity contribution < 1.29 is 0 Å². The molecule has 3 rings (SSSR count). The van der Waals surface area contributed by atoms with Crippen LogP contribution in [0.1, 0.15) is 96.0 Å². The number of allylic oxidation sites excluding steroid dienone is 1. The monoisotopic (exact) mass is 359 g/mol. The SMILES string of the molecule is CC1=Cc2c(ccc(C(C)C)c2-c2cc(C(C)(C)C)cc(C(C)(C)C)c2)[CH]1. The molecule has 0 fully saturated rings. The Morgan fingerprint density at radius 2 is 1.33 bits per heavy atom. The van der Waals surface area contributed by atoms with E-state index in [0.29, 0.717) is 5.92 Å². The standard InChI is InChI=1S/C27H35/c1-17(2)23-11-10-19-12-18(3)13-24(19)25(23)20-14-21(26(4,5)6)16-22(15-20)27(7,8)9/h10-17H,1-9H3. The summed E-state index contributed by atoms with van der Waals surface area (Å²) in [5.41, 5.74) is 11.4. The van der Waals surface area contributed by atoms with Crippen molar-refractivity contribution in [2.45, 2.75) is 79.1 Å². The minimum Gasteiger partial charge on any atom is -0.0642 e. The minimum atomic E-state index is 0.129. The van der Waals surface area contributed by atoms with Gasteiger partial charge in [-0.1, -0.05) is 97.4 Å². The molecule has 0 amide bonds. The zero-order chi connectivity index (χ0) is 20.1. The fraction of sp³-hybridized carbons (Fsp3) is 0.444. The normalized spacial score (nSPS) is 14.5. The summed E-state index contributed by atoms with van der Waals surface area (Å²) in [5, 5.41) is 0. The average molecular weight is 360 g/mol. The Balaban J connectivity index is 2.36. The lowest BCUT2D eigenvalue weighted by Crippen LogP contribution is -2.16. The maximum Gasteiger partial charge on any atom is 0.0161 e. The number of fused-ring (bicyclic) bond motifs is 1. The number of benzene rings is 2. The lowest BCUT2D eigenvalue weighted by atomic mass is 9.77. The van der Waals surface area contributed by atoms with Crippen LogP contribution < -0.4 is 0 Å². The highest BCUT2D eigenvalue weighted by Crippen LogP contribution is 2.42. The van der Waals surface area contributed by atoms with E-state index in [1.165, 1.54) is 44.5 Å². The summed E-state index contributed by atoms with van der Waals surface area (Å²) in [6, 6.07) is 11.9. The van der Waals surface area contributed by atoms with Gasteiger partial charge >= 0.3 is 0 Å². The lowest BCUT2D eigenvalue weighted by molar-refractivity contribution is 0.569. The van der Waals surface area contributed by atoms with Crippen molar-refractivity contribution in [3.05, 3.63) is 70.1 Å². The summed E-state index contributed by atoms with van der Waals surface area (Å²) in [4.78, 5) is 0. The predicted molar refractivity (Wildman–Crippen MR) is 120 cm³/mol. The van der Waals surface area contributed by atoms with Crippen LogP contribution in [-0.2, 0) is 10.8 Å². The molecule has 0 heteroatoms. The first-order valence-corrected chi connectivity index (χ1v) is 10.2. The Morgan fingerprint density at radius 1 is 0.778 bits per heavy atom. The quantitative estimate of drug-likeness (QED) is 0.509. The van der Waals surface area contributed by atoms with Gasteiger partial charge in [0.2, 0.25) is 0 Å². The largest absolute Gasteiger partial charge is 0.0642 e. The molecule has 0 aliphatic heterocycles. The summed E-state index contributed by atoms with van der Waals surface area (Å²) >= 11 is 0. The molecule has 0 unspecified atom stereocenters. The van der Waals surface area contributed by atoms with E-state index in [2.05, 4.69) is 105 Å². The molecular weight excluding hydrogens is 324 g/mol. The van der Waals surface area contributed by atoms with Gasteiger partial charge in [0.1, 0.15) is 0 Å². The predicted octanol–water partition coefficient (Wildman–Crippen LogP) is 8.04. The highest BCUT2D eigenvalue weighted by molar-refractivity contribution is 5.86. The van der Waals surface area contributed by atoms with E-state index in [0.717, 1.165) is 0 Å². The topological polar surface area (TPSA) is 0 Å². The van der Waals surface area contributed by atoms with Crippen LogP contribution in [0.5, 0.6) is 0 Å². The highest BCUT2D eigenvalue weighted by Gasteiger charge is 2.24. The van der Waals surface area contributed by atoms with Gasteiger partial charge in [0.05, 0.1) is 0 Å². The van der Waals surface area contributed by atoms with Crippen LogP contribution in [0.2, 0.25) is 0 Å². The fourth-order valence-corrected chi connectivity index (χ4v) is 3.89. The van der Waals surface area contributed by atoms with E-state index in [4.69, 9.17) is 0 Å². The Morgan fingerprint density at radius 3 is 1.81 bits per heavy atom. The second-order valence-corrected chi connectivity index (χ2v) is 10.5. The first-order chi connectivity index (χ1) is 12.4. The molecule has 1 aliphatic carbocycles. The molecule has 1 aliphatic rings. The lowest BCUT2D eigenvalue weighted by Gasteiger charge is -2.27. The van der Waals surface area contributed by atoms with Gasteiger partial charge in [0.25, 0.3) is 0 Å². The Kier molecular flexibility index (Phi) is 4.91. The van der Waals surface area contributed by atoms with Crippen molar-refractivity contribution in [3.63, 3.8) is 0 Å². The summed E-state index contributed by atoms with van der Waals surface area (Å²) in [6.07, 6.45) is 4.66. The average Bonchev–Trinajstić information content (AvgIpc) is 2.91. The minimum absolute atomic E-state index is 0.129. The van der Waals surface area contributed by atoms with E-state index < -0.39 is 0 Å². The van der Waals surface area contributed by atoms with Gasteiger partial charge in [-0.25, -0.2) is 0 Å². The van der Waals surface area contributed by atoms with E-state index in [1.807, 2.05) is 0 Å². The number of hydrogen-bond donors (Lipinski definition) is 0. The smallest absolute Gasteiger partial charge is 0.0161 e. The van der Waals surface area contributed by atoms with Crippen LogP contribution in [-0.4, -0.2) is 0 Å². The molecule has 0 saturated carbocycles. The number of rotatable bonds is 2. The second-order valence-electron chi connectivity index (χ2n) is 10.5. The molecule has 0 nitrogen and oxygen atoms in total. The second kappa shape index (κ2) is 6.66. The molecule has 2 aromatic carbocycles. The van der Waals surface area contributed by atoms with Crippen LogP contribution in [0.25, 0.3) is 17.2 Å². The number of hydrogen-bond acceptors (Lipinski definition) is 0. The molecule has 0 saturated heterocycles. The van der Waals surface area contributed by atoms with Gasteiger partial charge in [-0.15, -0.1) is 0 Å². The van der Waals surface area contributed by atoms with Gasteiger partial charge in [0.15, 0.2) is 0 Å². The van der Waals surface area contributed by atoms with Gasteiger partial charge in [0, 0.05) is 6.42 Å². The molecule has 0 heterocycles. The van der Waals surface area contributed by atoms with Crippen molar-refractivity contribution in [1.82, 2.24) is 0 Å². The third-order valence-electron chi connectivity index (χ3n) is 5.64. The van der Waals surface area contributed by atoms with E-state index in [9.17, 15) is 0 Å². The molecule has 0 aromatic heterocycles. The Hall–Kier alpha value is -1.82. The molecule has 0 N–H and O–H groups in total. The zero-order valence-electron chi connectivity index (χ0n) is 18.6. The van der Waals surface area contributed by atoms with Gasteiger partial charge in [-0.2, -0.15) is 0 Å². The van der Waals surface area contributed by atoms with Crippen molar-refractivity contribution in [2.75, 3.05) is 0 Å². The van der Waals surface area contributed by atoms with Crippen LogP contribution in [0.4, 0.5) is 0 Å². The molecular formula is C27H35. The summed E-state index contributed by atoms with van der Waals surface area (Å²) in [6.45, 7) is 20.7. The maximum absolute atomic E-state index is 2.43. The molecule has 2 aromatic rings. The molecule has 0 atom stereocenters. The molecule has 0 bridgehead atoms. The first kappa shape index (κ1) is 19.9. The van der Waals surface area contributed by atoms with Crippen molar-refractivity contribution in [2.24, 2.45) is 0 Å². The van der Waals surface area contributed by atoms with Gasteiger partial charge in [-0.05, 0) is 62.6 Å². The van der Waals surface area contributed by atoms with Crippen LogP contribution >= 0.6 is 0 Å². The molecule has 143 valence electrons. The van der Waals surface area contributed by atoms with Crippen molar-refractivity contribution >= 4 is 6.08 Å². The third kappa shape index (κ3) is 3.91. The van der Waals surface area contributed by atoms with Gasteiger partial charge < -0.3 is 0 Å². The summed E-state index contributed by atoms with van der Waals surface area (Å²) < 4.78 is 0. The maximum atomic E-state index is 2.43. The third-order valence-corrected chi connectivity index (χ3v) is 5.64. The Bertz CT molecular complexity index is 861. The molecule has 1 radical (unpaired) electrons. The summed E-state index contributed by atoms with van der Waals surface area (Å²) in [5.74, 6) is 0.496. The van der Waals surface area contributed by atoms with Crippen LogP contribution in [0.3, 0.4) is 0 Å². The van der Waals surface area contributed by atoms with E-state index >= 15 is 0 Å². The molecule has 27 heavy (non-hydrogen) atoms. The zero-order valence-corrected chi connectivity index (χ0v) is 18.6. The fourth-order valence-electron chi connectivity index (χ4n) is 3.89. The van der Waals surface area contributed by atoms with Crippen molar-refractivity contribution in [1.29, 1.82) is 0 Å². The Labute approximate surface area is 166 Å². The van der Waals surface area contributed by atoms with Crippen LogP contribution in [0, 0.1) is 6.42 Å². The van der Waals surface area contributed by atoms with E-state index in [1.54, 1.807) is 0 Å². The highest BCUT2D eigenvalue weighted by atomic mass is 14.3. The van der Waals surface area contributed by atoms with Crippen molar-refractivity contribution in [3.8, 4) is 11.1 Å². The van der Waals surface area contributed by atoms with Crippen LogP contribution in [0.15, 0.2) is 35.9 Å².